The highest BCUT2D eigenvalue weighted by Crippen LogP contribution is 2.33. The number of nitrogens with zero attached hydrogens (tertiary/aromatic N) is 3. The molecule has 1 atom stereocenters. The van der Waals surface area contributed by atoms with Gasteiger partial charge in [-0.25, -0.2) is 4.98 Å². The number of aromatic nitrogens is 2. The van der Waals surface area contributed by atoms with Gasteiger partial charge in [0.2, 0.25) is 0 Å². The van der Waals surface area contributed by atoms with Gasteiger partial charge >= 0.3 is 0 Å². The number of rotatable bonds is 3. The van der Waals surface area contributed by atoms with Crippen molar-refractivity contribution in [2.24, 2.45) is 0 Å². The molecule has 4 nitrogen and oxygen atoms in total. The Kier molecular flexibility index (Phi) is 4.45. The zero-order valence-electron chi connectivity index (χ0n) is 15.5. The number of benzene rings is 2. The summed E-state index contributed by atoms with van der Waals surface area (Å²) in [6.07, 6.45) is 6.12. The third-order valence-electron chi connectivity index (χ3n) is 5.39. The molecule has 2 aromatic heterocycles. The highest BCUT2D eigenvalue weighted by Gasteiger charge is 2.27. The van der Waals surface area contributed by atoms with Crippen LogP contribution in [0.15, 0.2) is 73.1 Å². The molecular weight excluding hydrogens is 366 g/mol. The number of piperidine rings is 1. The lowest BCUT2D eigenvalue weighted by Gasteiger charge is -2.32. The van der Waals surface area contributed by atoms with Gasteiger partial charge in [0.25, 0.3) is 5.91 Å². The molecule has 1 saturated heterocycles. The lowest BCUT2D eigenvalue weighted by atomic mass is 9.98. The number of thiazole rings is 1. The Morgan fingerprint density at radius 1 is 1.00 bits per heavy atom. The molecule has 1 aliphatic heterocycles. The van der Waals surface area contributed by atoms with Crippen LogP contribution in [0.3, 0.4) is 0 Å². The predicted octanol–water partition coefficient (Wildman–Crippen LogP) is 5.11. The van der Waals surface area contributed by atoms with E-state index in [0.29, 0.717) is 5.92 Å². The number of hydrogen-bond acceptors (Lipinski definition) is 3. The highest BCUT2D eigenvalue weighted by molar-refractivity contribution is 7.18. The summed E-state index contributed by atoms with van der Waals surface area (Å²) >= 11 is 1.76. The van der Waals surface area contributed by atoms with Gasteiger partial charge in [-0.1, -0.05) is 12.1 Å². The number of para-hydroxylation sites is 1. The van der Waals surface area contributed by atoms with E-state index in [1.165, 1.54) is 4.70 Å². The summed E-state index contributed by atoms with van der Waals surface area (Å²) < 4.78 is 3.26. The van der Waals surface area contributed by atoms with Crippen LogP contribution in [-0.4, -0.2) is 33.4 Å². The van der Waals surface area contributed by atoms with Crippen LogP contribution in [0.2, 0.25) is 0 Å². The summed E-state index contributed by atoms with van der Waals surface area (Å²) in [5, 5.41) is 1.15. The van der Waals surface area contributed by atoms with Crippen LogP contribution in [0.4, 0.5) is 0 Å². The number of carbonyl (C=O) groups is 1. The number of amides is 1. The lowest BCUT2D eigenvalue weighted by Crippen LogP contribution is -2.39. The van der Waals surface area contributed by atoms with E-state index in [1.54, 1.807) is 11.3 Å². The third-order valence-corrected chi connectivity index (χ3v) is 6.58. The summed E-state index contributed by atoms with van der Waals surface area (Å²) in [4.78, 5) is 19.9. The molecule has 5 heteroatoms. The van der Waals surface area contributed by atoms with Gasteiger partial charge in [-0.2, -0.15) is 0 Å². The van der Waals surface area contributed by atoms with Gasteiger partial charge in [0, 0.05) is 42.7 Å². The van der Waals surface area contributed by atoms with Crippen LogP contribution in [0.25, 0.3) is 15.9 Å². The molecule has 1 amide bonds. The van der Waals surface area contributed by atoms with E-state index in [4.69, 9.17) is 4.98 Å². The summed E-state index contributed by atoms with van der Waals surface area (Å²) in [6, 6.07) is 20.1. The van der Waals surface area contributed by atoms with Crippen molar-refractivity contribution < 1.29 is 4.79 Å². The summed E-state index contributed by atoms with van der Waals surface area (Å²) in [7, 11) is 0. The van der Waals surface area contributed by atoms with Gasteiger partial charge in [0.15, 0.2) is 0 Å². The van der Waals surface area contributed by atoms with Gasteiger partial charge in [-0.3, -0.25) is 4.79 Å². The second-order valence-corrected chi connectivity index (χ2v) is 8.31. The molecule has 0 aliphatic carbocycles. The van der Waals surface area contributed by atoms with Crippen molar-refractivity contribution >= 4 is 27.5 Å². The van der Waals surface area contributed by atoms with Gasteiger partial charge in [0.1, 0.15) is 0 Å². The maximum absolute atomic E-state index is 13.0. The van der Waals surface area contributed by atoms with Crippen molar-refractivity contribution in [3.63, 3.8) is 0 Å². The molecule has 5 rings (SSSR count). The largest absolute Gasteiger partial charge is 0.338 e. The van der Waals surface area contributed by atoms with Crippen LogP contribution in [-0.2, 0) is 0 Å². The van der Waals surface area contributed by atoms with Crippen molar-refractivity contribution in [3.8, 4) is 5.69 Å². The van der Waals surface area contributed by atoms with Crippen molar-refractivity contribution in [1.29, 1.82) is 0 Å². The second-order valence-electron chi connectivity index (χ2n) is 7.25. The first-order valence-corrected chi connectivity index (χ1v) is 10.5. The Morgan fingerprint density at radius 2 is 1.79 bits per heavy atom. The van der Waals surface area contributed by atoms with E-state index < -0.39 is 0 Å². The number of fused-ring (bicyclic) bond motifs is 1. The average molecular weight is 388 g/mol. The molecule has 0 saturated carbocycles. The predicted molar refractivity (Wildman–Crippen MR) is 113 cm³/mol. The minimum absolute atomic E-state index is 0.116. The van der Waals surface area contributed by atoms with Crippen molar-refractivity contribution in [1.82, 2.24) is 14.5 Å². The van der Waals surface area contributed by atoms with E-state index in [-0.39, 0.29) is 5.91 Å². The Bertz CT molecular complexity index is 1070. The van der Waals surface area contributed by atoms with Crippen molar-refractivity contribution in [3.05, 3.63) is 83.6 Å². The molecule has 1 aliphatic rings. The third kappa shape index (κ3) is 3.22. The summed E-state index contributed by atoms with van der Waals surface area (Å²) in [5.74, 6) is 0.444. The molecular formula is C23H21N3OS. The van der Waals surface area contributed by atoms with E-state index in [0.717, 1.165) is 47.7 Å². The Labute approximate surface area is 168 Å². The first-order chi connectivity index (χ1) is 13.8. The Balaban J connectivity index is 1.33. The standard InChI is InChI=1S/C23H21N3OS/c27-23(17-9-11-19(12-10-17)25-13-3-4-14-25)26-15-5-6-18(16-26)22-24-20-7-1-2-8-21(20)28-22/h1-4,7-14,18H,5-6,15-16H2/t18-/m1/s1. The topological polar surface area (TPSA) is 38.1 Å². The summed E-state index contributed by atoms with van der Waals surface area (Å²) in [5.41, 5.74) is 2.87. The SMILES string of the molecule is O=C(c1ccc(-n2cccc2)cc1)N1CCC[C@@H](c2nc3ccccc3s2)C1. The van der Waals surface area contributed by atoms with Crippen molar-refractivity contribution in [2.75, 3.05) is 13.1 Å². The monoisotopic (exact) mass is 387 g/mol. The van der Waals surface area contributed by atoms with Crippen LogP contribution in [0, 0.1) is 0 Å². The maximum Gasteiger partial charge on any atom is 0.253 e. The molecule has 4 aromatic rings. The van der Waals surface area contributed by atoms with E-state index in [2.05, 4.69) is 18.2 Å². The normalized spacial score (nSPS) is 17.1. The fourth-order valence-corrected chi connectivity index (χ4v) is 4.99. The Hall–Kier alpha value is -2.92. The molecule has 0 N–H and O–H groups in total. The molecule has 3 heterocycles. The van der Waals surface area contributed by atoms with Gasteiger partial charge in [-0.15, -0.1) is 11.3 Å². The van der Waals surface area contributed by atoms with Crippen LogP contribution < -0.4 is 0 Å². The molecule has 0 unspecified atom stereocenters. The fraction of sp³-hybridized carbons (Fsp3) is 0.217. The quantitative estimate of drug-likeness (QED) is 0.490. The van der Waals surface area contributed by atoms with Crippen molar-refractivity contribution in [2.45, 2.75) is 18.8 Å². The van der Waals surface area contributed by atoms with E-state index in [1.807, 2.05) is 64.3 Å². The second kappa shape index (κ2) is 7.24. The van der Waals surface area contributed by atoms with E-state index >= 15 is 0 Å². The fourth-order valence-electron chi connectivity index (χ4n) is 3.89. The van der Waals surface area contributed by atoms with Gasteiger partial charge in [0.05, 0.1) is 15.2 Å². The average Bonchev–Trinajstić information content (AvgIpc) is 3.43. The molecule has 0 radical (unpaired) electrons. The molecule has 0 bridgehead atoms. The molecule has 1 fully saturated rings. The van der Waals surface area contributed by atoms with Gasteiger partial charge < -0.3 is 9.47 Å². The smallest absolute Gasteiger partial charge is 0.253 e. The highest BCUT2D eigenvalue weighted by atomic mass is 32.1. The number of likely N-dealkylation sites (tertiary alicyclic amines) is 1. The first kappa shape index (κ1) is 17.2. The number of hydrogen-bond donors (Lipinski definition) is 0. The molecule has 28 heavy (non-hydrogen) atoms. The van der Waals surface area contributed by atoms with Crippen LogP contribution in [0.5, 0.6) is 0 Å². The molecule has 0 spiro atoms. The Morgan fingerprint density at radius 3 is 2.57 bits per heavy atom. The maximum atomic E-state index is 13.0. The summed E-state index contributed by atoms with van der Waals surface area (Å²) in [6.45, 7) is 1.57. The zero-order chi connectivity index (χ0) is 18.9. The lowest BCUT2D eigenvalue weighted by molar-refractivity contribution is 0.0707. The molecule has 140 valence electrons. The minimum Gasteiger partial charge on any atom is -0.338 e. The van der Waals surface area contributed by atoms with Crippen LogP contribution >= 0.6 is 11.3 Å². The number of carbonyl (C=O) groups excluding carboxylic acids is 1. The first-order valence-electron chi connectivity index (χ1n) is 9.66. The van der Waals surface area contributed by atoms with Crippen LogP contribution in [0.1, 0.15) is 34.1 Å². The zero-order valence-corrected chi connectivity index (χ0v) is 16.3. The van der Waals surface area contributed by atoms with Gasteiger partial charge in [-0.05, 0) is 61.4 Å². The molecule has 2 aromatic carbocycles. The van der Waals surface area contributed by atoms with E-state index in [9.17, 15) is 4.79 Å². The minimum atomic E-state index is 0.116.